The van der Waals surface area contributed by atoms with Crippen LogP contribution >= 0.6 is 0 Å². The van der Waals surface area contributed by atoms with Crippen LogP contribution in [0.25, 0.3) is 0 Å². The van der Waals surface area contributed by atoms with E-state index in [2.05, 4.69) is 0 Å². The van der Waals surface area contributed by atoms with Gasteiger partial charge >= 0.3 is 0 Å². The van der Waals surface area contributed by atoms with Crippen molar-refractivity contribution in [1.82, 2.24) is 5.06 Å². The summed E-state index contributed by atoms with van der Waals surface area (Å²) in [6.07, 6.45) is -1.01. The Bertz CT molecular complexity index is 234. The molecule has 2 aliphatic rings. The van der Waals surface area contributed by atoms with E-state index < -0.39 is 6.10 Å². The standard InChI is InChI=1S/C8H13NO5/c1-9(11-2)8(10)7-6-5(3-12-7)13-4-14-6/h5-7H,3-4H2,1-2H3. The molecule has 0 aliphatic carbocycles. The van der Waals surface area contributed by atoms with Crippen LogP contribution < -0.4 is 0 Å². The van der Waals surface area contributed by atoms with Crippen molar-refractivity contribution in [3.63, 3.8) is 0 Å². The monoisotopic (exact) mass is 203 g/mol. The third-order valence-corrected chi connectivity index (χ3v) is 2.48. The highest BCUT2D eigenvalue weighted by Gasteiger charge is 2.47. The molecule has 6 heteroatoms. The quantitative estimate of drug-likeness (QED) is 0.547. The smallest absolute Gasteiger partial charge is 0.277 e. The van der Waals surface area contributed by atoms with E-state index >= 15 is 0 Å². The predicted molar refractivity (Wildman–Crippen MR) is 44.1 cm³/mol. The van der Waals surface area contributed by atoms with Gasteiger partial charge in [-0.1, -0.05) is 0 Å². The summed E-state index contributed by atoms with van der Waals surface area (Å²) in [6, 6.07) is 0. The number of hydrogen-bond donors (Lipinski definition) is 0. The number of hydroxylamine groups is 2. The minimum atomic E-state index is -0.604. The summed E-state index contributed by atoms with van der Waals surface area (Å²) in [5, 5.41) is 1.13. The molecule has 0 spiro atoms. The fourth-order valence-electron chi connectivity index (χ4n) is 1.61. The zero-order chi connectivity index (χ0) is 10.1. The van der Waals surface area contributed by atoms with E-state index in [4.69, 9.17) is 19.0 Å². The number of fused-ring (bicyclic) bond motifs is 1. The summed E-state index contributed by atoms with van der Waals surface area (Å²) in [5.74, 6) is -0.245. The minimum absolute atomic E-state index is 0.116. The second-order valence-electron chi connectivity index (χ2n) is 3.23. The van der Waals surface area contributed by atoms with Crippen LogP contribution in [0.2, 0.25) is 0 Å². The molecule has 2 fully saturated rings. The molecule has 3 unspecified atom stereocenters. The zero-order valence-electron chi connectivity index (χ0n) is 8.13. The molecule has 2 rings (SSSR count). The Kier molecular flexibility index (Phi) is 2.69. The van der Waals surface area contributed by atoms with E-state index in [1.807, 2.05) is 0 Å². The molecule has 1 amide bonds. The van der Waals surface area contributed by atoms with Crippen molar-refractivity contribution >= 4 is 5.91 Å². The van der Waals surface area contributed by atoms with Gasteiger partial charge in [-0.15, -0.1) is 0 Å². The van der Waals surface area contributed by atoms with E-state index in [9.17, 15) is 4.79 Å². The highest BCUT2D eigenvalue weighted by atomic mass is 16.7. The first-order valence-electron chi connectivity index (χ1n) is 4.40. The third-order valence-electron chi connectivity index (χ3n) is 2.48. The minimum Gasteiger partial charge on any atom is -0.363 e. The second kappa shape index (κ2) is 3.82. The predicted octanol–water partition coefficient (Wildman–Crippen LogP) is -0.853. The van der Waals surface area contributed by atoms with E-state index in [1.165, 1.54) is 14.2 Å². The van der Waals surface area contributed by atoms with Gasteiger partial charge in [-0.2, -0.15) is 0 Å². The van der Waals surface area contributed by atoms with Crippen LogP contribution in [-0.4, -0.2) is 56.8 Å². The van der Waals surface area contributed by atoms with Crippen LogP contribution in [0.15, 0.2) is 0 Å². The van der Waals surface area contributed by atoms with Gasteiger partial charge in [0, 0.05) is 7.05 Å². The molecule has 0 aromatic heterocycles. The van der Waals surface area contributed by atoms with Crippen molar-refractivity contribution in [1.29, 1.82) is 0 Å². The molecule has 2 heterocycles. The number of carbonyl (C=O) groups excluding carboxylic acids is 1. The van der Waals surface area contributed by atoms with Gasteiger partial charge < -0.3 is 14.2 Å². The van der Waals surface area contributed by atoms with Gasteiger partial charge in [0.25, 0.3) is 5.91 Å². The summed E-state index contributed by atoms with van der Waals surface area (Å²) < 4.78 is 15.8. The first kappa shape index (κ1) is 9.85. The Labute approximate surface area is 81.6 Å². The molecule has 0 aromatic rings. The summed E-state index contributed by atoms with van der Waals surface area (Å²) in [6.45, 7) is 0.637. The third kappa shape index (κ3) is 1.50. The Balaban J connectivity index is 2.01. The molecule has 0 N–H and O–H groups in total. The molecule has 2 aliphatic heterocycles. The van der Waals surface area contributed by atoms with Crippen molar-refractivity contribution in [2.75, 3.05) is 27.6 Å². The number of hydrogen-bond acceptors (Lipinski definition) is 5. The first-order valence-corrected chi connectivity index (χ1v) is 4.40. The average Bonchev–Trinajstić information content (AvgIpc) is 2.76. The molecule has 80 valence electrons. The van der Waals surface area contributed by atoms with Crippen LogP contribution in [0.4, 0.5) is 0 Å². The molecule has 0 aromatic carbocycles. The second-order valence-corrected chi connectivity index (χ2v) is 3.23. The number of amides is 1. The number of likely N-dealkylation sites (N-methyl/N-ethyl adjacent to an activating group) is 1. The first-order chi connectivity index (χ1) is 6.74. The normalized spacial score (nSPS) is 35.7. The lowest BCUT2D eigenvalue weighted by Gasteiger charge is -2.20. The lowest BCUT2D eigenvalue weighted by atomic mass is 10.1. The van der Waals surface area contributed by atoms with Crippen molar-refractivity contribution in [3.8, 4) is 0 Å². The van der Waals surface area contributed by atoms with Gasteiger partial charge in [0.1, 0.15) is 19.0 Å². The SMILES string of the molecule is CON(C)C(=O)C1OCC2OCOC21. The van der Waals surface area contributed by atoms with Crippen LogP contribution in [0.5, 0.6) is 0 Å². The van der Waals surface area contributed by atoms with E-state index in [-0.39, 0.29) is 24.9 Å². The summed E-state index contributed by atoms with van der Waals surface area (Å²) >= 11 is 0. The van der Waals surface area contributed by atoms with Gasteiger partial charge in [0.05, 0.1) is 13.7 Å². The van der Waals surface area contributed by atoms with Crippen LogP contribution in [-0.2, 0) is 23.8 Å². The van der Waals surface area contributed by atoms with E-state index in [0.29, 0.717) is 6.61 Å². The Morgan fingerprint density at radius 2 is 2.21 bits per heavy atom. The molecular formula is C8H13NO5. The number of nitrogens with zero attached hydrogens (tertiary/aromatic N) is 1. The summed E-state index contributed by atoms with van der Waals surface area (Å²) in [4.78, 5) is 16.4. The Morgan fingerprint density at radius 1 is 1.43 bits per heavy atom. The largest absolute Gasteiger partial charge is 0.363 e. The molecule has 2 saturated heterocycles. The highest BCUT2D eigenvalue weighted by Crippen LogP contribution is 2.26. The number of carbonyl (C=O) groups is 1. The molecule has 6 nitrogen and oxygen atoms in total. The number of rotatable bonds is 2. The molecule has 0 radical (unpaired) electrons. The Morgan fingerprint density at radius 3 is 2.93 bits per heavy atom. The van der Waals surface area contributed by atoms with E-state index in [0.717, 1.165) is 5.06 Å². The maximum Gasteiger partial charge on any atom is 0.277 e. The molecular weight excluding hydrogens is 190 g/mol. The van der Waals surface area contributed by atoms with Gasteiger partial charge in [0.2, 0.25) is 0 Å². The van der Waals surface area contributed by atoms with Gasteiger partial charge in [0.15, 0.2) is 6.10 Å². The van der Waals surface area contributed by atoms with Crippen molar-refractivity contribution < 1.29 is 23.8 Å². The van der Waals surface area contributed by atoms with E-state index in [1.54, 1.807) is 0 Å². The molecule has 3 atom stereocenters. The fourth-order valence-corrected chi connectivity index (χ4v) is 1.61. The van der Waals surface area contributed by atoms with Crippen LogP contribution in [0.1, 0.15) is 0 Å². The van der Waals surface area contributed by atoms with Crippen molar-refractivity contribution in [2.24, 2.45) is 0 Å². The van der Waals surface area contributed by atoms with Gasteiger partial charge in [-0.3, -0.25) is 9.63 Å². The molecule has 0 bridgehead atoms. The fraction of sp³-hybridized carbons (Fsp3) is 0.875. The average molecular weight is 203 g/mol. The lowest BCUT2D eigenvalue weighted by Crippen LogP contribution is -2.42. The van der Waals surface area contributed by atoms with Gasteiger partial charge in [-0.25, -0.2) is 5.06 Å². The maximum atomic E-state index is 11.7. The summed E-state index contributed by atoms with van der Waals surface area (Å²) in [5.41, 5.74) is 0. The summed E-state index contributed by atoms with van der Waals surface area (Å²) in [7, 11) is 2.96. The van der Waals surface area contributed by atoms with Crippen LogP contribution in [0, 0.1) is 0 Å². The number of ether oxygens (including phenoxy) is 3. The van der Waals surface area contributed by atoms with Gasteiger partial charge in [-0.05, 0) is 0 Å². The van der Waals surface area contributed by atoms with Crippen molar-refractivity contribution in [3.05, 3.63) is 0 Å². The molecule has 0 saturated carbocycles. The Hall–Kier alpha value is -0.690. The zero-order valence-corrected chi connectivity index (χ0v) is 8.13. The topological polar surface area (TPSA) is 57.2 Å². The van der Waals surface area contributed by atoms with Crippen LogP contribution in [0.3, 0.4) is 0 Å². The molecule has 14 heavy (non-hydrogen) atoms. The van der Waals surface area contributed by atoms with Crippen molar-refractivity contribution in [2.45, 2.75) is 18.3 Å². The highest BCUT2D eigenvalue weighted by molar-refractivity contribution is 5.80. The maximum absolute atomic E-state index is 11.7. The lowest BCUT2D eigenvalue weighted by molar-refractivity contribution is -0.183.